The molecule has 6 nitrogen and oxygen atoms in total. The van der Waals surface area contributed by atoms with E-state index in [1.807, 2.05) is 84.8 Å². The summed E-state index contributed by atoms with van der Waals surface area (Å²) in [5.74, 6) is 0.773. The zero-order valence-corrected chi connectivity index (χ0v) is 19.3. The summed E-state index contributed by atoms with van der Waals surface area (Å²) >= 11 is 5.73. The van der Waals surface area contributed by atoms with Crippen LogP contribution >= 0.6 is 12.2 Å². The minimum Gasteiger partial charge on any atom is -0.494 e. The van der Waals surface area contributed by atoms with Gasteiger partial charge in [0.25, 0.3) is 5.56 Å². The predicted molar refractivity (Wildman–Crippen MR) is 135 cm³/mol. The van der Waals surface area contributed by atoms with Crippen LogP contribution in [0, 0.1) is 0 Å². The van der Waals surface area contributed by atoms with Gasteiger partial charge in [0.1, 0.15) is 5.75 Å². The van der Waals surface area contributed by atoms with Gasteiger partial charge in [-0.05, 0) is 60.6 Å². The highest BCUT2D eigenvalue weighted by atomic mass is 32.1. The average molecular weight is 459 g/mol. The number of H-pyrrole nitrogens is 1. The van der Waals surface area contributed by atoms with Crippen molar-refractivity contribution >= 4 is 28.2 Å². The van der Waals surface area contributed by atoms with Crippen LogP contribution in [0.5, 0.6) is 5.75 Å². The summed E-state index contributed by atoms with van der Waals surface area (Å²) in [6.07, 6.45) is 3.55. The van der Waals surface area contributed by atoms with Crippen molar-refractivity contribution in [2.45, 2.75) is 26.6 Å². The van der Waals surface area contributed by atoms with E-state index in [0.29, 0.717) is 36.9 Å². The van der Waals surface area contributed by atoms with Gasteiger partial charge in [0, 0.05) is 41.9 Å². The number of pyridine rings is 2. The van der Waals surface area contributed by atoms with Gasteiger partial charge in [-0.1, -0.05) is 36.4 Å². The Bertz CT molecular complexity index is 1280. The highest BCUT2D eigenvalue weighted by molar-refractivity contribution is 7.80. The van der Waals surface area contributed by atoms with E-state index in [1.54, 1.807) is 6.20 Å². The first-order valence-corrected chi connectivity index (χ1v) is 11.3. The second kappa shape index (κ2) is 10.7. The molecule has 4 rings (SSSR count). The first kappa shape index (κ1) is 22.5. The van der Waals surface area contributed by atoms with E-state index < -0.39 is 0 Å². The Hall–Kier alpha value is -3.71. The number of benzene rings is 2. The molecule has 0 aliphatic carbocycles. The second-order valence-corrected chi connectivity index (χ2v) is 8.05. The van der Waals surface area contributed by atoms with Gasteiger partial charge in [0.15, 0.2) is 5.11 Å². The summed E-state index contributed by atoms with van der Waals surface area (Å²) in [4.78, 5) is 22.0. The molecule has 0 aliphatic rings. The van der Waals surface area contributed by atoms with Gasteiger partial charge in [-0.25, -0.2) is 0 Å². The number of ether oxygens (including phenoxy) is 1. The predicted octanol–water partition coefficient (Wildman–Crippen LogP) is 4.40. The van der Waals surface area contributed by atoms with Crippen molar-refractivity contribution in [3.8, 4) is 5.75 Å². The molecule has 0 saturated heterocycles. The number of thiocarbonyl (C=S) groups is 1. The molecule has 4 aromatic rings. The van der Waals surface area contributed by atoms with Gasteiger partial charge < -0.3 is 19.9 Å². The van der Waals surface area contributed by atoms with Crippen molar-refractivity contribution in [2.75, 3.05) is 6.61 Å². The van der Waals surface area contributed by atoms with Gasteiger partial charge in [-0.15, -0.1) is 0 Å². The normalized spacial score (nSPS) is 10.7. The van der Waals surface area contributed by atoms with Crippen molar-refractivity contribution in [1.29, 1.82) is 0 Å². The van der Waals surface area contributed by atoms with Crippen LogP contribution < -0.4 is 15.6 Å². The molecule has 2 aromatic carbocycles. The molecule has 7 heteroatoms. The summed E-state index contributed by atoms with van der Waals surface area (Å²) in [7, 11) is 0. The Morgan fingerprint density at radius 1 is 1.06 bits per heavy atom. The first-order chi connectivity index (χ1) is 16.1. The topological polar surface area (TPSA) is 70.2 Å². The number of aromatic amines is 1. The quantitative estimate of drug-likeness (QED) is 0.382. The van der Waals surface area contributed by atoms with Crippen LogP contribution in [0.2, 0.25) is 0 Å². The van der Waals surface area contributed by atoms with E-state index in [2.05, 4.69) is 15.3 Å². The lowest BCUT2D eigenvalue weighted by atomic mass is 10.1. The van der Waals surface area contributed by atoms with E-state index in [1.165, 1.54) is 0 Å². The molecule has 2 aromatic heterocycles. The van der Waals surface area contributed by atoms with Crippen molar-refractivity contribution in [3.63, 3.8) is 0 Å². The summed E-state index contributed by atoms with van der Waals surface area (Å²) in [6, 6.07) is 21.5. The Labute approximate surface area is 198 Å². The van der Waals surface area contributed by atoms with Crippen molar-refractivity contribution in [1.82, 2.24) is 20.2 Å². The Morgan fingerprint density at radius 2 is 1.88 bits per heavy atom. The van der Waals surface area contributed by atoms with E-state index in [0.717, 1.165) is 27.8 Å². The highest BCUT2D eigenvalue weighted by Gasteiger charge is 2.14. The van der Waals surface area contributed by atoms with Gasteiger partial charge >= 0.3 is 0 Å². The zero-order chi connectivity index (χ0) is 23.0. The summed E-state index contributed by atoms with van der Waals surface area (Å²) in [6.45, 7) is 4.03. The van der Waals surface area contributed by atoms with E-state index in [9.17, 15) is 4.79 Å². The molecule has 0 spiro atoms. The van der Waals surface area contributed by atoms with Crippen LogP contribution in [0.3, 0.4) is 0 Å². The van der Waals surface area contributed by atoms with Gasteiger partial charge in [0.2, 0.25) is 0 Å². The smallest absolute Gasteiger partial charge is 0.253 e. The third-order valence-corrected chi connectivity index (χ3v) is 5.64. The first-order valence-electron chi connectivity index (χ1n) is 10.9. The average Bonchev–Trinajstić information content (AvgIpc) is 2.84. The number of fused-ring (bicyclic) bond motifs is 1. The maximum absolute atomic E-state index is 12.8. The molecule has 168 valence electrons. The molecule has 2 N–H and O–H groups in total. The van der Waals surface area contributed by atoms with Crippen molar-refractivity contribution in [3.05, 3.63) is 106 Å². The van der Waals surface area contributed by atoms with Crippen LogP contribution in [0.1, 0.15) is 23.6 Å². The number of hydrogen-bond donors (Lipinski definition) is 2. The lowest BCUT2D eigenvalue weighted by molar-refractivity contribution is 0.340. The molecule has 0 amide bonds. The molecule has 33 heavy (non-hydrogen) atoms. The molecule has 2 heterocycles. The molecule has 0 fully saturated rings. The van der Waals surface area contributed by atoms with Crippen molar-refractivity contribution < 1.29 is 4.74 Å². The molecule has 0 atom stereocenters. The third kappa shape index (κ3) is 5.96. The Morgan fingerprint density at radius 3 is 2.64 bits per heavy atom. The van der Waals surface area contributed by atoms with Gasteiger partial charge in [0.05, 0.1) is 13.2 Å². The van der Waals surface area contributed by atoms with Crippen LogP contribution in [0.4, 0.5) is 0 Å². The number of rotatable bonds is 8. The van der Waals surface area contributed by atoms with Gasteiger partial charge in [-0.2, -0.15) is 0 Å². The molecule has 0 radical (unpaired) electrons. The highest BCUT2D eigenvalue weighted by Crippen LogP contribution is 2.20. The van der Waals surface area contributed by atoms with Gasteiger partial charge in [-0.3, -0.25) is 9.78 Å². The lowest BCUT2D eigenvalue weighted by Crippen LogP contribution is -2.39. The fourth-order valence-corrected chi connectivity index (χ4v) is 3.81. The van der Waals surface area contributed by atoms with E-state index >= 15 is 0 Å². The minimum absolute atomic E-state index is 0.131. The van der Waals surface area contributed by atoms with E-state index in [-0.39, 0.29) is 5.56 Å². The van der Waals surface area contributed by atoms with Crippen LogP contribution in [-0.2, 0) is 19.6 Å². The summed E-state index contributed by atoms with van der Waals surface area (Å²) in [5.41, 5.74) is 3.42. The largest absolute Gasteiger partial charge is 0.494 e. The number of nitrogens with zero attached hydrogens (tertiary/aromatic N) is 2. The van der Waals surface area contributed by atoms with Crippen molar-refractivity contribution in [2.24, 2.45) is 0 Å². The maximum atomic E-state index is 12.8. The van der Waals surface area contributed by atoms with Crippen LogP contribution in [-0.4, -0.2) is 26.6 Å². The minimum atomic E-state index is -0.131. The molecule has 0 saturated carbocycles. The summed E-state index contributed by atoms with van der Waals surface area (Å²) in [5, 5.41) is 4.82. The third-order valence-electron chi connectivity index (χ3n) is 5.23. The maximum Gasteiger partial charge on any atom is 0.253 e. The fraction of sp³-hybridized carbons (Fsp3) is 0.192. The zero-order valence-electron chi connectivity index (χ0n) is 18.5. The SMILES string of the molecule is CCOc1ccc2[nH]c(=O)c(CN(Cc3cccnc3)C(=S)NCc3ccccc3)cc2c1. The summed E-state index contributed by atoms with van der Waals surface area (Å²) < 4.78 is 5.62. The standard InChI is InChI=1S/C26H26N4O2S/c1-2-32-23-10-11-24-21(14-23)13-22(25(31)29-24)18-30(17-20-9-6-12-27-15-20)26(33)28-16-19-7-4-3-5-8-19/h3-15H,2,16-18H2,1H3,(H,28,33)(H,29,31). The Balaban J connectivity index is 1.59. The number of hydrogen-bond acceptors (Lipinski definition) is 4. The fourth-order valence-electron chi connectivity index (χ4n) is 3.61. The molecular formula is C26H26N4O2S. The number of nitrogens with one attached hydrogen (secondary N) is 2. The molecular weight excluding hydrogens is 432 g/mol. The Kier molecular flexibility index (Phi) is 7.32. The molecule has 0 bridgehead atoms. The van der Waals surface area contributed by atoms with E-state index in [4.69, 9.17) is 17.0 Å². The number of aromatic nitrogens is 2. The monoisotopic (exact) mass is 458 g/mol. The van der Waals surface area contributed by atoms with Crippen LogP contribution in [0.15, 0.2) is 83.9 Å². The lowest BCUT2D eigenvalue weighted by Gasteiger charge is -2.26. The molecule has 0 aliphatic heterocycles. The second-order valence-electron chi connectivity index (χ2n) is 7.67. The molecule has 0 unspecified atom stereocenters. The van der Waals surface area contributed by atoms with Crippen LogP contribution in [0.25, 0.3) is 10.9 Å².